The molecule has 2 aromatic heterocycles. The van der Waals surface area contributed by atoms with Crippen LogP contribution in [0.3, 0.4) is 0 Å². The molecule has 0 aliphatic carbocycles. The van der Waals surface area contributed by atoms with Crippen molar-refractivity contribution in [2.75, 3.05) is 12.3 Å². The number of nitrogens with two attached hydrogens (primary N) is 1. The maximum Gasteiger partial charge on any atom is 1.00 e. The minimum atomic E-state index is -4.63. The van der Waals surface area contributed by atoms with Gasteiger partial charge < -0.3 is 39.6 Å². The minimum Gasteiger partial charge on any atom is -0.756 e. The molecule has 15 nitrogen and oxygen atoms in total. The summed E-state index contributed by atoms with van der Waals surface area (Å²) in [5, 5.41) is 21.7. The van der Waals surface area contributed by atoms with E-state index < -0.39 is 60.9 Å². The zero-order chi connectivity index (χ0) is 18.8. The molecule has 27 heavy (non-hydrogen) atoms. The van der Waals surface area contributed by atoms with E-state index in [1.807, 2.05) is 0 Å². The van der Waals surface area contributed by atoms with Gasteiger partial charge in [0.2, 0.25) is 17.8 Å². The van der Waals surface area contributed by atoms with Gasteiger partial charge in [-0.1, -0.05) is 4.98 Å². The third-order valence-corrected chi connectivity index (χ3v) is 4.89. The Hall–Kier alpha value is -1.42. The van der Waals surface area contributed by atoms with Gasteiger partial charge in [-0.2, -0.15) is 9.55 Å². The molecule has 4 rings (SSSR count). The molecule has 0 aromatic carbocycles. The summed E-state index contributed by atoms with van der Waals surface area (Å²) in [4.78, 5) is 43.3. The van der Waals surface area contributed by atoms with Gasteiger partial charge in [0.1, 0.15) is 18.3 Å². The molecule has 4 N–H and O–H groups in total. The molecule has 1 unspecified atom stereocenters. The second kappa shape index (κ2) is 6.88. The zero-order valence-corrected chi connectivity index (χ0v) is 16.4. The molecular weight excluding hydrogens is 402 g/mol. The van der Waals surface area contributed by atoms with Crippen LogP contribution in [-0.4, -0.2) is 54.5 Å². The average Bonchev–Trinajstić information content (AvgIpc) is 3.05. The van der Waals surface area contributed by atoms with Crippen molar-refractivity contribution >= 4 is 30.9 Å². The molecule has 140 valence electrons. The first-order valence-electron chi connectivity index (χ1n) is 7.07. The van der Waals surface area contributed by atoms with Crippen molar-refractivity contribution in [3.05, 3.63) is 20.5 Å². The quantitative estimate of drug-likeness (QED) is 0.182. The number of nitrogens with one attached hydrogen (secondary N) is 1. The Labute approximate surface area is 170 Å². The number of H-pyrrole nitrogens is 1. The maximum atomic E-state index is 11.9. The van der Waals surface area contributed by atoms with Crippen LogP contribution >= 0.6 is 7.82 Å². The van der Waals surface area contributed by atoms with Gasteiger partial charge in [-0.3, -0.25) is 14.3 Å². The van der Waals surface area contributed by atoms with Crippen LogP contribution in [-0.2, 0) is 18.3 Å². The van der Waals surface area contributed by atoms with Crippen molar-refractivity contribution in [2.45, 2.75) is 24.5 Å². The van der Waals surface area contributed by atoms with Crippen LogP contribution in [0.25, 0.3) is 11.2 Å². The molecule has 4 heterocycles. The maximum absolute atomic E-state index is 11.9. The monoisotopic (exact) mass is 412 g/mol. The number of nitrogen functional groups attached to an aromatic ring is 1. The summed E-state index contributed by atoms with van der Waals surface area (Å²) in [5.41, 5.74) is 3.92. The number of aliphatic hydroxyl groups is 1. The van der Waals surface area contributed by atoms with Crippen molar-refractivity contribution in [1.29, 1.82) is 0 Å². The van der Waals surface area contributed by atoms with Gasteiger partial charge in [0.05, 0.1) is 6.61 Å². The van der Waals surface area contributed by atoms with Crippen LogP contribution in [0.2, 0.25) is 0 Å². The van der Waals surface area contributed by atoms with E-state index in [1.54, 1.807) is 0 Å². The Kier molecular flexibility index (Phi) is 5.17. The Morgan fingerprint density at radius 1 is 1.44 bits per heavy atom. The standard InChI is InChI=1S/C10H11N6O9P.Na/c11-9-13-6-3(7(18)14-9)12-10(16(19)20)15(6)8-4(17)5-2(24-8)1-23-26(21,22)25-5;/h2,4-5,8,17H,1H2,(H,21,22)(H3,11,13,14,18);/q;+1/p-1/t2-,4-,5-,8-;/m1./s1. The molecule has 0 amide bonds. The summed E-state index contributed by atoms with van der Waals surface area (Å²) in [6, 6.07) is 0. The van der Waals surface area contributed by atoms with Crippen molar-refractivity contribution < 1.29 is 62.8 Å². The fourth-order valence-corrected chi connectivity index (χ4v) is 3.84. The van der Waals surface area contributed by atoms with Crippen LogP contribution < -0.4 is 45.7 Å². The Morgan fingerprint density at radius 3 is 2.81 bits per heavy atom. The number of phosphoric ester groups is 1. The van der Waals surface area contributed by atoms with Gasteiger partial charge in [-0.25, -0.2) is 0 Å². The fraction of sp³-hybridized carbons (Fsp3) is 0.500. The number of nitrogens with zero attached hydrogens (tertiary/aromatic N) is 4. The molecule has 2 saturated heterocycles. The van der Waals surface area contributed by atoms with Crippen LogP contribution in [0.15, 0.2) is 4.79 Å². The number of hydrogen-bond donors (Lipinski definition) is 3. The molecule has 0 bridgehead atoms. The zero-order valence-electron chi connectivity index (χ0n) is 13.5. The number of ether oxygens (including phenoxy) is 1. The predicted octanol–water partition coefficient (Wildman–Crippen LogP) is -5.24. The third-order valence-electron chi connectivity index (χ3n) is 3.93. The van der Waals surface area contributed by atoms with Gasteiger partial charge in [0.15, 0.2) is 0 Å². The number of imidazole rings is 1. The summed E-state index contributed by atoms with van der Waals surface area (Å²) in [6.45, 7) is -0.449. The SMILES string of the molecule is Nc1nc2c(nc([N+](=O)[O-])n2[C@@H]2O[C@@H]3COP(=O)([O-])O[C@H]3[C@H]2O)c(=O)[nH]1.[Na+]. The van der Waals surface area contributed by atoms with Gasteiger partial charge in [-0.05, 0) is 4.92 Å². The largest absolute Gasteiger partial charge is 1.00 e. The van der Waals surface area contributed by atoms with Crippen molar-refractivity contribution in [3.63, 3.8) is 0 Å². The first-order valence-corrected chi connectivity index (χ1v) is 8.53. The summed E-state index contributed by atoms with van der Waals surface area (Å²) in [6.07, 6.45) is -5.54. The van der Waals surface area contributed by atoms with E-state index in [2.05, 4.69) is 24.0 Å². The Bertz CT molecular complexity index is 1020. The second-order valence-electron chi connectivity index (χ2n) is 5.53. The topological polar surface area (TPSA) is 221 Å². The van der Waals surface area contributed by atoms with E-state index in [0.29, 0.717) is 0 Å². The fourth-order valence-electron chi connectivity index (χ4n) is 2.89. The molecule has 2 aromatic rings. The smallest absolute Gasteiger partial charge is 0.756 e. The average molecular weight is 412 g/mol. The Balaban J connectivity index is 0.00000210. The number of nitro groups is 1. The summed E-state index contributed by atoms with van der Waals surface area (Å²) >= 11 is 0. The van der Waals surface area contributed by atoms with E-state index in [1.165, 1.54) is 0 Å². The molecular formula is C10H10N6NaO9P. The molecule has 2 aliphatic rings. The van der Waals surface area contributed by atoms with Crippen LogP contribution in [0, 0.1) is 10.1 Å². The minimum absolute atomic E-state index is 0. The molecule has 0 saturated carbocycles. The predicted molar refractivity (Wildman–Crippen MR) is 77.6 cm³/mol. The number of anilines is 1. The summed E-state index contributed by atoms with van der Waals surface area (Å²) in [7, 11) is -4.63. The number of aliphatic hydroxyl groups excluding tert-OH is 1. The van der Waals surface area contributed by atoms with Crippen molar-refractivity contribution in [2.24, 2.45) is 0 Å². The number of aromatic amines is 1. The number of phosphoric acid groups is 1. The molecule has 0 radical (unpaired) electrons. The Morgan fingerprint density at radius 2 is 2.15 bits per heavy atom. The van der Waals surface area contributed by atoms with Gasteiger partial charge in [0, 0.05) is 0 Å². The summed E-state index contributed by atoms with van der Waals surface area (Å²) < 4.78 is 26.8. The number of aromatic nitrogens is 4. The van der Waals surface area contributed by atoms with E-state index in [9.17, 15) is 29.5 Å². The first-order chi connectivity index (χ1) is 12.2. The number of hydrogen-bond acceptors (Lipinski definition) is 12. The number of rotatable bonds is 2. The molecule has 2 fully saturated rings. The van der Waals surface area contributed by atoms with E-state index in [4.69, 9.17) is 10.5 Å². The molecule has 17 heteroatoms. The molecule has 0 spiro atoms. The van der Waals surface area contributed by atoms with Crippen LogP contribution in [0.1, 0.15) is 6.23 Å². The second-order valence-corrected chi connectivity index (χ2v) is 6.89. The van der Waals surface area contributed by atoms with Crippen molar-refractivity contribution in [3.8, 4) is 0 Å². The molecule has 2 aliphatic heterocycles. The van der Waals surface area contributed by atoms with Crippen LogP contribution in [0.4, 0.5) is 11.9 Å². The first kappa shape index (κ1) is 20.3. The third kappa shape index (κ3) is 3.30. The molecule has 5 atom stereocenters. The van der Waals surface area contributed by atoms with E-state index in [0.717, 1.165) is 4.57 Å². The van der Waals surface area contributed by atoms with Crippen molar-refractivity contribution in [1.82, 2.24) is 19.5 Å². The summed E-state index contributed by atoms with van der Waals surface area (Å²) in [5.74, 6) is -1.19. The van der Waals surface area contributed by atoms with Gasteiger partial charge >= 0.3 is 35.5 Å². The normalized spacial score (nSPS) is 32.8. The van der Waals surface area contributed by atoms with E-state index >= 15 is 0 Å². The van der Waals surface area contributed by atoms with Gasteiger partial charge in [0.25, 0.3) is 18.9 Å². The van der Waals surface area contributed by atoms with Gasteiger partial charge in [-0.15, -0.1) is 0 Å². The number of fused-ring (bicyclic) bond motifs is 2. The van der Waals surface area contributed by atoms with Crippen LogP contribution in [0.5, 0.6) is 0 Å². The van der Waals surface area contributed by atoms with E-state index in [-0.39, 0.29) is 41.2 Å².